The first-order chi connectivity index (χ1) is 11.3. The molecule has 2 rings (SSSR count). The summed E-state index contributed by atoms with van der Waals surface area (Å²) in [5, 5.41) is 2.91. The maximum Gasteiger partial charge on any atom is 0.0277 e. The Hall–Kier alpha value is -1.98. The molecule has 0 fully saturated rings. The summed E-state index contributed by atoms with van der Waals surface area (Å²) in [5.41, 5.74) is 1.41. The molecular formula is C21H24NP. The number of benzene rings is 2. The largest absolute Gasteiger partial charge is 0.297 e. The first-order valence-corrected chi connectivity index (χ1v) is 9.46. The van der Waals surface area contributed by atoms with E-state index < -0.39 is 0 Å². The second kappa shape index (κ2) is 9.92. The third kappa shape index (κ3) is 5.96. The third-order valence-electron chi connectivity index (χ3n) is 3.59. The minimum absolute atomic E-state index is 0.296. The van der Waals surface area contributed by atoms with Gasteiger partial charge in [-0.2, -0.15) is 0 Å². The molecular weight excluding hydrogens is 297 g/mol. The minimum atomic E-state index is -0.296. The van der Waals surface area contributed by atoms with Gasteiger partial charge in [0.15, 0.2) is 0 Å². The number of hydrogen-bond acceptors (Lipinski definition) is 1. The molecule has 0 heterocycles. The highest BCUT2D eigenvalue weighted by atomic mass is 31.1. The Balaban J connectivity index is 2.10. The van der Waals surface area contributed by atoms with E-state index in [0.29, 0.717) is 0 Å². The maximum absolute atomic E-state index is 3.95. The molecule has 0 saturated heterocycles. The van der Waals surface area contributed by atoms with Gasteiger partial charge in [-0.15, -0.1) is 0 Å². The molecule has 1 nitrogen and oxygen atoms in total. The van der Waals surface area contributed by atoms with E-state index in [1.165, 1.54) is 22.3 Å². The quantitative estimate of drug-likeness (QED) is 0.398. The van der Waals surface area contributed by atoms with Crippen LogP contribution in [-0.4, -0.2) is 19.4 Å². The van der Waals surface area contributed by atoms with Crippen molar-refractivity contribution in [3.8, 4) is 0 Å². The highest BCUT2D eigenvalue weighted by Gasteiger charge is 2.12. The van der Waals surface area contributed by atoms with E-state index in [0.717, 1.165) is 6.42 Å². The second-order valence-corrected chi connectivity index (χ2v) is 7.71. The van der Waals surface area contributed by atoms with Crippen LogP contribution < -0.4 is 10.6 Å². The van der Waals surface area contributed by atoms with Gasteiger partial charge in [-0.1, -0.05) is 78.4 Å². The summed E-state index contributed by atoms with van der Waals surface area (Å²) in [6, 6.07) is 21.8. The van der Waals surface area contributed by atoms with Gasteiger partial charge in [0.25, 0.3) is 0 Å². The molecule has 0 unspecified atom stereocenters. The fourth-order valence-electron chi connectivity index (χ4n) is 2.35. The minimum Gasteiger partial charge on any atom is -0.297 e. The molecule has 2 aromatic rings. The van der Waals surface area contributed by atoms with Gasteiger partial charge >= 0.3 is 0 Å². The maximum atomic E-state index is 3.95. The Morgan fingerprint density at radius 2 is 1.48 bits per heavy atom. The molecule has 0 spiro atoms. The van der Waals surface area contributed by atoms with E-state index >= 15 is 0 Å². The van der Waals surface area contributed by atoms with Gasteiger partial charge in [-0.25, -0.2) is 0 Å². The smallest absolute Gasteiger partial charge is 0.0277 e. The highest BCUT2D eigenvalue weighted by molar-refractivity contribution is 7.73. The van der Waals surface area contributed by atoms with Gasteiger partial charge in [-0.3, -0.25) is 4.99 Å². The average Bonchev–Trinajstić information content (AvgIpc) is 2.61. The van der Waals surface area contributed by atoms with Crippen LogP contribution in [0.2, 0.25) is 0 Å². The number of hydrogen-bond donors (Lipinski definition) is 0. The van der Waals surface area contributed by atoms with E-state index in [2.05, 4.69) is 84.7 Å². The van der Waals surface area contributed by atoms with Crippen LogP contribution in [0.5, 0.6) is 0 Å². The topological polar surface area (TPSA) is 12.4 Å². The fourth-order valence-corrected chi connectivity index (χ4v) is 4.81. The number of allylic oxidation sites excluding steroid dienone is 4. The molecule has 0 saturated carbocycles. The lowest BCUT2D eigenvalue weighted by Crippen LogP contribution is -2.13. The summed E-state index contributed by atoms with van der Waals surface area (Å²) in [5.74, 6) is 0. The molecule has 0 bridgehead atoms. The Bertz CT molecular complexity index is 617. The highest BCUT2D eigenvalue weighted by Crippen LogP contribution is 2.35. The first-order valence-electron chi connectivity index (χ1n) is 7.93. The average molecular weight is 321 g/mol. The van der Waals surface area contributed by atoms with Crippen LogP contribution in [0.25, 0.3) is 0 Å². The molecule has 118 valence electrons. The molecule has 0 aliphatic rings. The zero-order valence-corrected chi connectivity index (χ0v) is 14.8. The summed E-state index contributed by atoms with van der Waals surface area (Å²) in [6.07, 6.45) is 10.3. The molecule has 0 aliphatic carbocycles. The molecule has 23 heavy (non-hydrogen) atoms. The van der Waals surface area contributed by atoms with Crippen LogP contribution in [0.1, 0.15) is 13.3 Å². The van der Waals surface area contributed by atoms with Gasteiger partial charge < -0.3 is 0 Å². The van der Waals surface area contributed by atoms with Crippen molar-refractivity contribution >= 4 is 24.7 Å². The van der Waals surface area contributed by atoms with Gasteiger partial charge in [0, 0.05) is 13.3 Å². The SMILES string of the molecule is CN=C/C=C\C=C(/C)CCP(c1ccccc1)c1ccccc1. The monoisotopic (exact) mass is 321 g/mol. The van der Waals surface area contributed by atoms with Crippen molar-refractivity contribution in [1.29, 1.82) is 0 Å². The van der Waals surface area contributed by atoms with Gasteiger partial charge in [-0.05, 0) is 44.1 Å². The Morgan fingerprint density at radius 1 is 0.913 bits per heavy atom. The number of aliphatic imine (C=N–C) groups is 1. The fraction of sp³-hybridized carbons (Fsp3) is 0.190. The lowest BCUT2D eigenvalue weighted by Gasteiger charge is -2.18. The molecule has 0 radical (unpaired) electrons. The van der Waals surface area contributed by atoms with Crippen molar-refractivity contribution in [1.82, 2.24) is 0 Å². The second-order valence-electron chi connectivity index (χ2n) is 5.38. The Labute approximate surface area is 141 Å². The van der Waals surface area contributed by atoms with Gasteiger partial charge in [0.05, 0.1) is 0 Å². The summed E-state index contributed by atoms with van der Waals surface area (Å²) in [4.78, 5) is 3.95. The van der Waals surface area contributed by atoms with E-state index in [1.54, 1.807) is 7.05 Å². The predicted octanol–water partition coefficient (Wildman–Crippen LogP) is 4.71. The molecule has 2 heteroatoms. The summed E-state index contributed by atoms with van der Waals surface area (Å²) < 4.78 is 0. The van der Waals surface area contributed by atoms with E-state index in [9.17, 15) is 0 Å². The van der Waals surface area contributed by atoms with E-state index in [4.69, 9.17) is 0 Å². The van der Waals surface area contributed by atoms with Crippen molar-refractivity contribution < 1.29 is 0 Å². The molecule has 0 aliphatic heterocycles. The first kappa shape index (κ1) is 17.4. The standard InChI is InChI=1S/C21H24NP/c1-19(11-9-10-17-22-2)16-18-23(20-12-5-3-6-13-20)21-14-7-4-8-15-21/h3-15,17H,16,18H2,1-2H3/b10-9-,19-11+,22-17?. The van der Waals surface area contributed by atoms with Crippen LogP contribution in [-0.2, 0) is 0 Å². The molecule has 0 aromatic heterocycles. The molecule has 0 N–H and O–H groups in total. The van der Waals surface area contributed by atoms with Crippen molar-refractivity contribution in [3.05, 3.63) is 84.5 Å². The summed E-state index contributed by atoms with van der Waals surface area (Å²) in [7, 11) is 1.49. The zero-order chi connectivity index (χ0) is 16.3. The van der Waals surface area contributed by atoms with Crippen LogP contribution in [0.15, 0.2) is 89.5 Å². The lowest BCUT2D eigenvalue weighted by atomic mass is 10.2. The normalized spacial score (nSPS) is 12.6. The zero-order valence-electron chi connectivity index (χ0n) is 13.9. The van der Waals surface area contributed by atoms with Crippen molar-refractivity contribution in [2.45, 2.75) is 13.3 Å². The Kier molecular flexibility index (Phi) is 7.49. The molecule has 2 aromatic carbocycles. The van der Waals surface area contributed by atoms with Gasteiger partial charge in [0.1, 0.15) is 0 Å². The predicted molar refractivity (Wildman–Crippen MR) is 106 cm³/mol. The Morgan fingerprint density at radius 3 is 2.00 bits per heavy atom. The summed E-state index contributed by atoms with van der Waals surface area (Å²) in [6.45, 7) is 2.21. The van der Waals surface area contributed by atoms with Crippen LogP contribution in [0.3, 0.4) is 0 Å². The molecule has 0 atom stereocenters. The van der Waals surface area contributed by atoms with Crippen LogP contribution in [0.4, 0.5) is 0 Å². The van der Waals surface area contributed by atoms with Crippen molar-refractivity contribution in [3.63, 3.8) is 0 Å². The molecule has 0 amide bonds. The third-order valence-corrected chi connectivity index (χ3v) is 6.11. The van der Waals surface area contributed by atoms with Crippen LogP contribution >= 0.6 is 7.92 Å². The number of rotatable bonds is 7. The van der Waals surface area contributed by atoms with E-state index in [-0.39, 0.29) is 7.92 Å². The van der Waals surface area contributed by atoms with Gasteiger partial charge in [0.2, 0.25) is 0 Å². The van der Waals surface area contributed by atoms with Crippen molar-refractivity contribution in [2.75, 3.05) is 13.2 Å². The lowest BCUT2D eigenvalue weighted by molar-refractivity contribution is 1.11. The van der Waals surface area contributed by atoms with Crippen molar-refractivity contribution in [2.24, 2.45) is 4.99 Å². The summed E-state index contributed by atoms with van der Waals surface area (Å²) >= 11 is 0. The number of nitrogens with zero attached hydrogens (tertiary/aromatic N) is 1. The van der Waals surface area contributed by atoms with E-state index in [1.807, 2.05) is 12.3 Å². The van der Waals surface area contributed by atoms with Crippen LogP contribution in [0, 0.1) is 0 Å².